The Balaban J connectivity index is 1.59. The first kappa shape index (κ1) is 16.9. The van der Waals surface area contributed by atoms with Gasteiger partial charge >= 0.3 is 0 Å². The molecule has 0 saturated carbocycles. The van der Waals surface area contributed by atoms with Crippen LogP contribution in [0.1, 0.15) is 38.1 Å². The Morgan fingerprint density at radius 3 is 2.96 bits per heavy atom. The Labute approximate surface area is 143 Å². The maximum Gasteiger partial charge on any atom is 0.271 e. The van der Waals surface area contributed by atoms with Crippen molar-refractivity contribution in [2.24, 2.45) is 5.16 Å². The molecule has 0 N–H and O–H groups in total. The lowest BCUT2D eigenvalue weighted by Gasteiger charge is -2.23. The summed E-state index contributed by atoms with van der Waals surface area (Å²) in [6.45, 7) is 8.53. The molecule has 0 aliphatic carbocycles. The molecule has 2 aliphatic heterocycles. The fraction of sp³-hybridized carbons (Fsp3) is 0.611. The van der Waals surface area contributed by atoms with Crippen molar-refractivity contribution < 1.29 is 9.63 Å². The van der Waals surface area contributed by atoms with Gasteiger partial charge in [0.25, 0.3) is 5.91 Å². The predicted molar refractivity (Wildman–Crippen MR) is 92.6 cm³/mol. The molecule has 3 rings (SSSR count). The average Bonchev–Trinajstić information content (AvgIpc) is 3.13. The molecule has 0 radical (unpaired) electrons. The van der Waals surface area contributed by atoms with Crippen LogP contribution in [-0.2, 0) is 16.2 Å². The fourth-order valence-electron chi connectivity index (χ4n) is 3.27. The van der Waals surface area contributed by atoms with Crippen molar-refractivity contribution in [3.8, 4) is 0 Å². The Bertz CT molecular complexity index is 658. The standard InChI is InChI=1S/C18H26N4O2/c1-13(2)21(4)17(23)16-10-18(24-20-16)8-9-22(12-18)11-15-7-5-6-14(3)19-15/h5-7,13H,8-12H2,1-4H3. The van der Waals surface area contributed by atoms with E-state index in [9.17, 15) is 4.79 Å². The highest BCUT2D eigenvalue weighted by molar-refractivity contribution is 6.39. The number of aromatic nitrogens is 1. The Hall–Kier alpha value is -1.95. The molecule has 0 bridgehead atoms. The number of likely N-dealkylation sites (tertiary alicyclic amines) is 1. The number of nitrogens with zero attached hydrogens (tertiary/aromatic N) is 4. The molecule has 130 valence electrons. The van der Waals surface area contributed by atoms with Gasteiger partial charge < -0.3 is 9.74 Å². The molecule has 1 spiro atoms. The molecule has 1 unspecified atom stereocenters. The van der Waals surface area contributed by atoms with Crippen LogP contribution in [0.3, 0.4) is 0 Å². The predicted octanol–water partition coefficient (Wildman–Crippen LogP) is 1.98. The summed E-state index contributed by atoms with van der Waals surface area (Å²) in [6.07, 6.45) is 1.49. The van der Waals surface area contributed by atoms with E-state index in [-0.39, 0.29) is 17.6 Å². The van der Waals surface area contributed by atoms with Gasteiger partial charge in [-0.05, 0) is 32.9 Å². The third kappa shape index (κ3) is 3.43. The summed E-state index contributed by atoms with van der Waals surface area (Å²) in [5.41, 5.74) is 2.31. The molecule has 1 fully saturated rings. The minimum absolute atomic E-state index is 0.0272. The van der Waals surface area contributed by atoms with Gasteiger partial charge in [0.15, 0.2) is 5.60 Å². The molecule has 1 saturated heterocycles. The van der Waals surface area contributed by atoms with E-state index in [1.807, 2.05) is 40.0 Å². The third-order valence-electron chi connectivity index (χ3n) is 4.91. The summed E-state index contributed by atoms with van der Waals surface area (Å²) in [7, 11) is 1.81. The number of rotatable bonds is 4. The molecule has 6 heteroatoms. The number of aryl methyl sites for hydroxylation is 1. The number of carbonyl (C=O) groups is 1. The van der Waals surface area contributed by atoms with E-state index >= 15 is 0 Å². The second kappa shape index (κ2) is 6.51. The van der Waals surface area contributed by atoms with Crippen molar-refractivity contribution in [1.82, 2.24) is 14.8 Å². The van der Waals surface area contributed by atoms with Crippen LogP contribution < -0.4 is 0 Å². The number of oxime groups is 1. The van der Waals surface area contributed by atoms with Crippen LogP contribution in [-0.4, -0.2) is 58.2 Å². The molecule has 0 aromatic carbocycles. The summed E-state index contributed by atoms with van der Waals surface area (Å²) in [4.78, 5) is 26.8. The fourth-order valence-corrected chi connectivity index (χ4v) is 3.27. The van der Waals surface area contributed by atoms with Gasteiger partial charge in [-0.2, -0.15) is 0 Å². The normalized spacial score (nSPS) is 23.6. The topological polar surface area (TPSA) is 58.0 Å². The van der Waals surface area contributed by atoms with E-state index in [2.05, 4.69) is 21.1 Å². The van der Waals surface area contributed by atoms with Crippen molar-refractivity contribution in [2.45, 2.75) is 51.8 Å². The van der Waals surface area contributed by atoms with Crippen LogP contribution in [0, 0.1) is 6.92 Å². The minimum atomic E-state index is -0.341. The zero-order valence-electron chi connectivity index (χ0n) is 15.0. The van der Waals surface area contributed by atoms with Crippen LogP contribution in [0.2, 0.25) is 0 Å². The number of hydrogen-bond acceptors (Lipinski definition) is 5. The van der Waals surface area contributed by atoms with Crippen LogP contribution in [0.4, 0.5) is 0 Å². The number of hydrogen-bond donors (Lipinski definition) is 0. The Morgan fingerprint density at radius 2 is 2.25 bits per heavy atom. The largest absolute Gasteiger partial charge is 0.387 e. The highest BCUT2D eigenvalue weighted by atomic mass is 16.7. The molecule has 1 aromatic heterocycles. The van der Waals surface area contributed by atoms with Gasteiger partial charge in [-0.3, -0.25) is 14.7 Å². The molecular weight excluding hydrogens is 304 g/mol. The van der Waals surface area contributed by atoms with E-state index in [1.165, 1.54) is 0 Å². The quantitative estimate of drug-likeness (QED) is 0.847. The van der Waals surface area contributed by atoms with Gasteiger partial charge in [0.2, 0.25) is 0 Å². The number of pyridine rings is 1. The summed E-state index contributed by atoms with van der Waals surface area (Å²) in [6, 6.07) is 6.25. The number of carbonyl (C=O) groups excluding carboxylic acids is 1. The van der Waals surface area contributed by atoms with Gasteiger partial charge in [0.05, 0.1) is 5.69 Å². The lowest BCUT2D eigenvalue weighted by molar-refractivity contribution is -0.124. The summed E-state index contributed by atoms with van der Waals surface area (Å²) < 4.78 is 0. The second-order valence-corrected chi connectivity index (χ2v) is 7.23. The van der Waals surface area contributed by atoms with E-state index < -0.39 is 0 Å². The van der Waals surface area contributed by atoms with Gasteiger partial charge in [0, 0.05) is 51.3 Å². The van der Waals surface area contributed by atoms with Gasteiger partial charge in [0.1, 0.15) is 5.71 Å². The van der Waals surface area contributed by atoms with Gasteiger partial charge in [-0.1, -0.05) is 11.2 Å². The van der Waals surface area contributed by atoms with E-state index in [4.69, 9.17) is 4.84 Å². The zero-order chi connectivity index (χ0) is 17.3. The minimum Gasteiger partial charge on any atom is -0.387 e. The van der Waals surface area contributed by atoms with Crippen molar-refractivity contribution in [3.05, 3.63) is 29.6 Å². The van der Waals surface area contributed by atoms with Crippen LogP contribution in [0.15, 0.2) is 23.4 Å². The lowest BCUT2D eigenvalue weighted by atomic mass is 9.96. The number of amides is 1. The molecule has 1 aromatic rings. The summed E-state index contributed by atoms with van der Waals surface area (Å²) >= 11 is 0. The third-order valence-corrected chi connectivity index (χ3v) is 4.91. The zero-order valence-corrected chi connectivity index (χ0v) is 15.0. The SMILES string of the molecule is Cc1cccc(CN2CCC3(CC(C(=O)N(C)C(C)C)=NO3)C2)n1. The highest BCUT2D eigenvalue weighted by Gasteiger charge is 2.47. The monoisotopic (exact) mass is 330 g/mol. The smallest absolute Gasteiger partial charge is 0.271 e. The first-order valence-corrected chi connectivity index (χ1v) is 8.56. The molecular formula is C18H26N4O2. The van der Waals surface area contributed by atoms with E-state index in [1.54, 1.807) is 4.90 Å². The molecule has 1 atom stereocenters. The van der Waals surface area contributed by atoms with Gasteiger partial charge in [-0.15, -0.1) is 0 Å². The van der Waals surface area contributed by atoms with Crippen molar-refractivity contribution in [1.29, 1.82) is 0 Å². The molecule has 6 nitrogen and oxygen atoms in total. The van der Waals surface area contributed by atoms with Gasteiger partial charge in [-0.25, -0.2) is 0 Å². The maximum absolute atomic E-state index is 12.4. The summed E-state index contributed by atoms with van der Waals surface area (Å²) in [5, 5.41) is 4.11. The van der Waals surface area contributed by atoms with Crippen LogP contribution >= 0.6 is 0 Å². The first-order chi connectivity index (χ1) is 11.4. The Kier molecular flexibility index (Phi) is 4.58. The van der Waals surface area contributed by atoms with E-state index in [0.29, 0.717) is 12.1 Å². The maximum atomic E-state index is 12.4. The summed E-state index contributed by atoms with van der Waals surface area (Å²) in [5.74, 6) is -0.0272. The first-order valence-electron chi connectivity index (χ1n) is 8.56. The molecule has 24 heavy (non-hydrogen) atoms. The van der Waals surface area contributed by atoms with Crippen molar-refractivity contribution in [3.63, 3.8) is 0 Å². The highest BCUT2D eigenvalue weighted by Crippen LogP contribution is 2.34. The molecule has 3 heterocycles. The lowest BCUT2D eigenvalue weighted by Crippen LogP contribution is -2.40. The Morgan fingerprint density at radius 1 is 1.46 bits per heavy atom. The molecule has 1 amide bonds. The van der Waals surface area contributed by atoms with Crippen LogP contribution in [0.5, 0.6) is 0 Å². The van der Waals surface area contributed by atoms with Crippen molar-refractivity contribution in [2.75, 3.05) is 20.1 Å². The van der Waals surface area contributed by atoms with E-state index in [0.717, 1.165) is 37.4 Å². The average molecular weight is 330 g/mol. The molecule has 2 aliphatic rings. The van der Waals surface area contributed by atoms with Crippen molar-refractivity contribution >= 4 is 11.6 Å². The second-order valence-electron chi connectivity index (χ2n) is 7.23. The van der Waals surface area contributed by atoms with Crippen LogP contribution in [0.25, 0.3) is 0 Å².